The molecule has 2 N–H and O–H groups in total. The summed E-state index contributed by atoms with van der Waals surface area (Å²) in [7, 11) is 0. The molecule has 0 aliphatic rings. The van der Waals surface area contributed by atoms with E-state index in [2.05, 4.69) is 4.98 Å². The first-order valence-electron chi connectivity index (χ1n) is 5.75. The predicted octanol–water partition coefficient (Wildman–Crippen LogP) is 2.86. The molecular formula is C13H9F5N2O. The first-order chi connectivity index (χ1) is 9.97. The summed E-state index contributed by atoms with van der Waals surface area (Å²) < 4.78 is 71.0. The van der Waals surface area contributed by atoms with Crippen LogP contribution in [0.15, 0.2) is 24.5 Å². The fourth-order valence-corrected chi connectivity index (χ4v) is 1.66. The van der Waals surface area contributed by atoms with Crippen molar-refractivity contribution in [2.45, 2.75) is 6.10 Å². The number of aromatic nitrogens is 1. The van der Waals surface area contributed by atoms with Gasteiger partial charge in [0.25, 0.3) is 0 Å². The lowest BCUT2D eigenvalue weighted by atomic mass is 10.1. The van der Waals surface area contributed by atoms with Gasteiger partial charge in [0.2, 0.25) is 29.1 Å². The highest BCUT2D eigenvalue weighted by Crippen LogP contribution is 2.32. The Morgan fingerprint density at radius 1 is 0.905 bits per heavy atom. The smallest absolute Gasteiger partial charge is 0.207 e. The van der Waals surface area contributed by atoms with Gasteiger partial charge in [-0.2, -0.15) is 8.78 Å². The summed E-state index contributed by atoms with van der Waals surface area (Å²) in [5.41, 5.74) is 5.79. The number of halogens is 5. The van der Waals surface area contributed by atoms with Crippen LogP contribution in [0.25, 0.3) is 0 Å². The number of hydrogen-bond acceptors (Lipinski definition) is 3. The molecule has 3 nitrogen and oxygen atoms in total. The zero-order chi connectivity index (χ0) is 15.6. The first-order valence-corrected chi connectivity index (χ1v) is 5.75. The van der Waals surface area contributed by atoms with Crippen LogP contribution >= 0.6 is 0 Å². The Labute approximate surface area is 116 Å². The molecule has 1 aromatic carbocycles. The van der Waals surface area contributed by atoms with Gasteiger partial charge >= 0.3 is 0 Å². The molecule has 21 heavy (non-hydrogen) atoms. The molecule has 1 unspecified atom stereocenters. The molecule has 0 saturated carbocycles. The van der Waals surface area contributed by atoms with Crippen LogP contribution in [0, 0.1) is 29.1 Å². The van der Waals surface area contributed by atoms with Gasteiger partial charge in [0.15, 0.2) is 5.75 Å². The van der Waals surface area contributed by atoms with Crippen molar-refractivity contribution in [3.8, 4) is 5.75 Å². The van der Waals surface area contributed by atoms with Gasteiger partial charge in [0.05, 0.1) is 0 Å². The largest absolute Gasteiger partial charge is 0.478 e. The van der Waals surface area contributed by atoms with Crippen molar-refractivity contribution in [2.75, 3.05) is 6.54 Å². The zero-order valence-electron chi connectivity index (χ0n) is 10.4. The minimum atomic E-state index is -2.24. The van der Waals surface area contributed by atoms with E-state index in [1.54, 1.807) is 0 Å². The average molecular weight is 304 g/mol. The lowest BCUT2D eigenvalue weighted by molar-refractivity contribution is 0.185. The molecule has 0 aliphatic heterocycles. The molecule has 8 heteroatoms. The number of hydrogen-bond donors (Lipinski definition) is 1. The molecule has 1 heterocycles. The molecule has 2 rings (SSSR count). The van der Waals surface area contributed by atoms with Crippen molar-refractivity contribution in [2.24, 2.45) is 5.73 Å². The molecule has 0 aliphatic carbocycles. The molecule has 0 radical (unpaired) electrons. The van der Waals surface area contributed by atoms with E-state index >= 15 is 0 Å². The predicted molar refractivity (Wildman–Crippen MR) is 62.9 cm³/mol. The molecule has 0 spiro atoms. The van der Waals surface area contributed by atoms with Crippen molar-refractivity contribution in [3.63, 3.8) is 0 Å². The Morgan fingerprint density at radius 3 is 1.86 bits per heavy atom. The minimum absolute atomic E-state index is 0.233. The number of nitrogens with two attached hydrogens (primary N) is 1. The van der Waals surface area contributed by atoms with E-state index in [0.29, 0.717) is 5.56 Å². The summed E-state index contributed by atoms with van der Waals surface area (Å²) in [6.07, 6.45) is 1.67. The highest BCUT2D eigenvalue weighted by Gasteiger charge is 2.28. The lowest BCUT2D eigenvalue weighted by Gasteiger charge is -2.19. The average Bonchev–Trinajstić information content (AvgIpc) is 2.52. The van der Waals surface area contributed by atoms with E-state index in [-0.39, 0.29) is 6.54 Å². The number of pyridine rings is 1. The monoisotopic (exact) mass is 304 g/mol. The van der Waals surface area contributed by atoms with Crippen LogP contribution in [0.5, 0.6) is 5.75 Å². The van der Waals surface area contributed by atoms with Crippen molar-refractivity contribution >= 4 is 0 Å². The molecule has 112 valence electrons. The van der Waals surface area contributed by atoms with Crippen LogP contribution in [0.4, 0.5) is 22.0 Å². The van der Waals surface area contributed by atoms with Gasteiger partial charge in [-0.1, -0.05) is 0 Å². The van der Waals surface area contributed by atoms with E-state index in [0.717, 1.165) is 0 Å². The SMILES string of the molecule is NCC(Oc1c(F)c(F)c(F)c(F)c1F)c1ccncc1. The van der Waals surface area contributed by atoms with Gasteiger partial charge in [0.1, 0.15) is 6.10 Å². The lowest BCUT2D eigenvalue weighted by Crippen LogP contribution is -2.20. The van der Waals surface area contributed by atoms with Gasteiger partial charge in [-0.3, -0.25) is 4.98 Å². The van der Waals surface area contributed by atoms with Gasteiger partial charge in [-0.05, 0) is 17.7 Å². The normalized spacial score (nSPS) is 12.3. The summed E-state index contributed by atoms with van der Waals surface area (Å²) in [4.78, 5) is 3.73. The highest BCUT2D eigenvalue weighted by atomic mass is 19.2. The van der Waals surface area contributed by atoms with Gasteiger partial charge in [-0.25, -0.2) is 13.2 Å². The zero-order valence-corrected chi connectivity index (χ0v) is 10.4. The van der Waals surface area contributed by atoms with E-state index < -0.39 is 40.9 Å². The van der Waals surface area contributed by atoms with E-state index in [1.807, 2.05) is 0 Å². The molecule has 1 atom stereocenters. The molecule has 0 fully saturated rings. The van der Waals surface area contributed by atoms with Crippen molar-refractivity contribution < 1.29 is 26.7 Å². The van der Waals surface area contributed by atoms with Crippen LogP contribution in [0.1, 0.15) is 11.7 Å². The Balaban J connectivity index is 2.43. The third-order valence-corrected chi connectivity index (χ3v) is 2.72. The maximum Gasteiger partial charge on any atom is 0.207 e. The fourth-order valence-electron chi connectivity index (χ4n) is 1.66. The third-order valence-electron chi connectivity index (χ3n) is 2.72. The fraction of sp³-hybridized carbons (Fsp3) is 0.154. The maximum atomic E-state index is 13.5. The van der Waals surface area contributed by atoms with Gasteiger partial charge in [-0.15, -0.1) is 0 Å². The maximum absolute atomic E-state index is 13.5. The molecule has 0 saturated heterocycles. The minimum Gasteiger partial charge on any atom is -0.478 e. The Morgan fingerprint density at radius 2 is 1.38 bits per heavy atom. The van der Waals surface area contributed by atoms with Crippen LogP contribution in [0.3, 0.4) is 0 Å². The van der Waals surface area contributed by atoms with E-state index in [1.165, 1.54) is 24.5 Å². The summed E-state index contributed by atoms with van der Waals surface area (Å²) in [5.74, 6) is -11.8. The highest BCUT2D eigenvalue weighted by molar-refractivity contribution is 5.31. The van der Waals surface area contributed by atoms with Gasteiger partial charge in [0, 0.05) is 18.9 Å². The number of benzene rings is 1. The topological polar surface area (TPSA) is 48.1 Å². The van der Waals surface area contributed by atoms with E-state index in [4.69, 9.17) is 10.5 Å². The standard InChI is InChI=1S/C13H9F5N2O/c14-8-9(15)11(17)13(12(18)10(8)16)21-7(5-19)6-1-3-20-4-2-6/h1-4,7H,5,19H2. The quantitative estimate of drug-likeness (QED) is 0.537. The Hall–Kier alpha value is -2.22. The van der Waals surface area contributed by atoms with Crippen LogP contribution in [-0.2, 0) is 0 Å². The molecule has 2 aromatic rings. The van der Waals surface area contributed by atoms with Crippen molar-refractivity contribution in [1.29, 1.82) is 0 Å². The molecular weight excluding hydrogens is 295 g/mol. The van der Waals surface area contributed by atoms with Crippen LogP contribution < -0.4 is 10.5 Å². The second-order valence-corrected chi connectivity index (χ2v) is 4.02. The Bertz CT molecular complexity index is 622. The number of nitrogens with zero attached hydrogens (tertiary/aromatic N) is 1. The number of ether oxygens (including phenoxy) is 1. The number of rotatable bonds is 4. The molecule has 0 amide bonds. The summed E-state index contributed by atoms with van der Waals surface area (Å²) >= 11 is 0. The second-order valence-electron chi connectivity index (χ2n) is 4.02. The second kappa shape index (κ2) is 6.04. The molecule has 1 aromatic heterocycles. The summed E-state index contributed by atoms with van der Waals surface area (Å²) in [6.45, 7) is -0.233. The summed E-state index contributed by atoms with van der Waals surface area (Å²) in [5, 5.41) is 0. The van der Waals surface area contributed by atoms with Crippen molar-refractivity contribution in [1.82, 2.24) is 4.98 Å². The summed E-state index contributed by atoms with van der Waals surface area (Å²) in [6, 6.07) is 2.90. The first kappa shape index (κ1) is 15.2. The Kier molecular flexibility index (Phi) is 4.37. The van der Waals surface area contributed by atoms with Crippen molar-refractivity contribution in [3.05, 3.63) is 59.2 Å². The third kappa shape index (κ3) is 2.80. The van der Waals surface area contributed by atoms with Gasteiger partial charge < -0.3 is 10.5 Å². The van der Waals surface area contributed by atoms with Crippen LogP contribution in [0.2, 0.25) is 0 Å². The van der Waals surface area contributed by atoms with Crippen LogP contribution in [-0.4, -0.2) is 11.5 Å². The molecule has 0 bridgehead atoms. The van der Waals surface area contributed by atoms with E-state index in [9.17, 15) is 22.0 Å².